The van der Waals surface area contributed by atoms with E-state index in [2.05, 4.69) is 47.5 Å². The third-order valence-electron chi connectivity index (χ3n) is 2.85. The first-order chi connectivity index (χ1) is 9.17. The van der Waals surface area contributed by atoms with Gasteiger partial charge in [0, 0.05) is 24.2 Å². The highest BCUT2D eigenvalue weighted by Gasteiger charge is 2.02. The van der Waals surface area contributed by atoms with Gasteiger partial charge in [-0.05, 0) is 42.6 Å². The van der Waals surface area contributed by atoms with Gasteiger partial charge in [0.1, 0.15) is 5.15 Å². The van der Waals surface area contributed by atoms with E-state index in [-0.39, 0.29) is 0 Å². The van der Waals surface area contributed by atoms with E-state index in [4.69, 9.17) is 11.6 Å². The van der Waals surface area contributed by atoms with Gasteiger partial charge in [-0.3, -0.25) is 4.90 Å². The van der Waals surface area contributed by atoms with Crippen molar-refractivity contribution in [1.82, 2.24) is 9.88 Å². The molecule has 0 atom stereocenters. The minimum atomic E-state index is 0.541. The van der Waals surface area contributed by atoms with Gasteiger partial charge >= 0.3 is 0 Å². The average Bonchev–Trinajstić information content (AvgIpc) is 2.42. The normalized spacial score (nSPS) is 10.9. The van der Waals surface area contributed by atoms with Crippen LogP contribution in [0.2, 0.25) is 5.15 Å². The van der Waals surface area contributed by atoms with Crippen molar-refractivity contribution in [2.75, 3.05) is 13.3 Å². The smallest absolute Gasteiger partial charge is 0.129 e. The summed E-state index contributed by atoms with van der Waals surface area (Å²) in [6.07, 6.45) is 3.92. The van der Waals surface area contributed by atoms with Crippen LogP contribution in [-0.4, -0.2) is 23.2 Å². The molecule has 2 nitrogen and oxygen atoms in total. The molecule has 2 rings (SSSR count). The molecule has 0 N–H and O–H groups in total. The average molecular weight is 293 g/mol. The number of rotatable bonds is 5. The molecule has 0 fully saturated rings. The molecule has 0 amide bonds. The zero-order chi connectivity index (χ0) is 13.7. The molecule has 0 aliphatic rings. The SMILES string of the molecule is CSc1ccc(CN(C)Cc2ccc(Cl)nc2)cc1. The fraction of sp³-hybridized carbons (Fsp3) is 0.267. The maximum Gasteiger partial charge on any atom is 0.129 e. The Morgan fingerprint density at radius 3 is 2.26 bits per heavy atom. The summed E-state index contributed by atoms with van der Waals surface area (Å²) in [4.78, 5) is 7.66. The minimum absolute atomic E-state index is 0.541. The van der Waals surface area contributed by atoms with Crippen LogP contribution >= 0.6 is 23.4 Å². The van der Waals surface area contributed by atoms with Crippen molar-refractivity contribution >= 4 is 23.4 Å². The van der Waals surface area contributed by atoms with Crippen LogP contribution in [0, 0.1) is 0 Å². The summed E-state index contributed by atoms with van der Waals surface area (Å²) in [5.41, 5.74) is 2.50. The van der Waals surface area contributed by atoms with Crippen LogP contribution in [0.4, 0.5) is 0 Å². The zero-order valence-electron chi connectivity index (χ0n) is 11.1. The van der Waals surface area contributed by atoms with E-state index in [1.54, 1.807) is 11.8 Å². The van der Waals surface area contributed by atoms with Crippen LogP contribution in [-0.2, 0) is 13.1 Å². The van der Waals surface area contributed by atoms with E-state index in [0.29, 0.717) is 5.15 Å². The van der Waals surface area contributed by atoms with E-state index in [1.807, 2.05) is 18.3 Å². The van der Waals surface area contributed by atoms with Gasteiger partial charge in [-0.2, -0.15) is 0 Å². The van der Waals surface area contributed by atoms with E-state index >= 15 is 0 Å². The summed E-state index contributed by atoms with van der Waals surface area (Å²) in [5.74, 6) is 0. The first kappa shape index (κ1) is 14.4. The molecule has 1 heterocycles. The number of thioether (sulfide) groups is 1. The number of hydrogen-bond donors (Lipinski definition) is 0. The molecular weight excluding hydrogens is 276 g/mol. The van der Waals surface area contributed by atoms with E-state index < -0.39 is 0 Å². The molecule has 0 radical (unpaired) electrons. The van der Waals surface area contributed by atoms with Crippen molar-refractivity contribution in [3.05, 3.63) is 58.9 Å². The quantitative estimate of drug-likeness (QED) is 0.610. The topological polar surface area (TPSA) is 16.1 Å². The molecule has 1 aromatic heterocycles. The molecule has 2 aromatic rings. The van der Waals surface area contributed by atoms with Crippen molar-refractivity contribution in [3.63, 3.8) is 0 Å². The van der Waals surface area contributed by atoms with Crippen LogP contribution in [0.5, 0.6) is 0 Å². The summed E-state index contributed by atoms with van der Waals surface area (Å²) < 4.78 is 0. The molecule has 4 heteroatoms. The Morgan fingerprint density at radius 1 is 1.05 bits per heavy atom. The second-order valence-electron chi connectivity index (χ2n) is 4.51. The summed E-state index contributed by atoms with van der Waals surface area (Å²) in [5, 5.41) is 0.541. The molecule has 0 saturated heterocycles. The second kappa shape index (κ2) is 6.94. The van der Waals surface area contributed by atoms with Gasteiger partial charge in [0.2, 0.25) is 0 Å². The summed E-state index contributed by atoms with van der Waals surface area (Å²) in [7, 11) is 2.11. The number of halogens is 1. The maximum absolute atomic E-state index is 5.78. The highest BCUT2D eigenvalue weighted by molar-refractivity contribution is 7.98. The van der Waals surface area contributed by atoms with Gasteiger partial charge < -0.3 is 0 Å². The van der Waals surface area contributed by atoms with E-state index in [1.165, 1.54) is 16.0 Å². The van der Waals surface area contributed by atoms with Crippen molar-refractivity contribution in [1.29, 1.82) is 0 Å². The van der Waals surface area contributed by atoms with Crippen molar-refractivity contribution in [2.24, 2.45) is 0 Å². The van der Waals surface area contributed by atoms with Crippen LogP contribution in [0.1, 0.15) is 11.1 Å². The lowest BCUT2D eigenvalue weighted by molar-refractivity contribution is 0.318. The van der Waals surface area contributed by atoms with Gasteiger partial charge in [0.05, 0.1) is 0 Å². The van der Waals surface area contributed by atoms with Crippen LogP contribution in [0.15, 0.2) is 47.5 Å². The Kier molecular flexibility index (Phi) is 5.25. The second-order valence-corrected chi connectivity index (χ2v) is 5.78. The minimum Gasteiger partial charge on any atom is -0.298 e. The lowest BCUT2D eigenvalue weighted by Gasteiger charge is -2.16. The predicted molar refractivity (Wildman–Crippen MR) is 82.6 cm³/mol. The molecule has 0 unspecified atom stereocenters. The number of benzene rings is 1. The Bertz CT molecular complexity index is 511. The highest BCUT2D eigenvalue weighted by Crippen LogP contribution is 2.16. The molecule has 1 aromatic carbocycles. The standard InChI is InChI=1S/C15H17ClN2S/c1-18(11-13-5-8-15(16)17-9-13)10-12-3-6-14(19-2)7-4-12/h3-9H,10-11H2,1-2H3. The first-order valence-corrected chi connectivity index (χ1v) is 7.69. The third-order valence-corrected chi connectivity index (χ3v) is 3.82. The molecule has 0 aliphatic heterocycles. The van der Waals surface area contributed by atoms with Crippen LogP contribution in [0.25, 0.3) is 0 Å². The van der Waals surface area contributed by atoms with Gasteiger partial charge in [-0.25, -0.2) is 4.98 Å². The molecule has 100 valence electrons. The highest BCUT2D eigenvalue weighted by atomic mass is 35.5. The zero-order valence-corrected chi connectivity index (χ0v) is 12.7. The molecule has 0 spiro atoms. The molecule has 0 bridgehead atoms. The molecule has 19 heavy (non-hydrogen) atoms. The molecular formula is C15H17ClN2S. The Hall–Kier alpha value is -1.03. The van der Waals surface area contributed by atoms with Crippen molar-refractivity contribution in [2.45, 2.75) is 18.0 Å². The maximum atomic E-state index is 5.78. The third kappa shape index (κ3) is 4.53. The van der Waals surface area contributed by atoms with Crippen LogP contribution in [0.3, 0.4) is 0 Å². The van der Waals surface area contributed by atoms with Gasteiger partial charge in [-0.15, -0.1) is 11.8 Å². The Balaban J connectivity index is 1.92. The Labute approximate surface area is 123 Å². The van der Waals surface area contributed by atoms with Gasteiger partial charge in [0.25, 0.3) is 0 Å². The number of pyridine rings is 1. The first-order valence-electron chi connectivity index (χ1n) is 6.09. The fourth-order valence-corrected chi connectivity index (χ4v) is 2.43. The molecule has 0 aliphatic carbocycles. The summed E-state index contributed by atoms with van der Waals surface area (Å²) in [6, 6.07) is 12.5. The Morgan fingerprint density at radius 2 is 1.68 bits per heavy atom. The number of hydrogen-bond acceptors (Lipinski definition) is 3. The van der Waals surface area contributed by atoms with Crippen molar-refractivity contribution < 1.29 is 0 Å². The summed E-state index contributed by atoms with van der Waals surface area (Å²) >= 11 is 7.55. The lowest BCUT2D eigenvalue weighted by Crippen LogP contribution is -2.17. The predicted octanol–water partition coefficient (Wildman–Crippen LogP) is 4.09. The largest absolute Gasteiger partial charge is 0.298 e. The fourth-order valence-electron chi connectivity index (χ4n) is 1.91. The molecule has 0 saturated carbocycles. The van der Waals surface area contributed by atoms with Crippen LogP contribution < -0.4 is 0 Å². The van der Waals surface area contributed by atoms with Gasteiger partial charge in [-0.1, -0.05) is 29.8 Å². The van der Waals surface area contributed by atoms with E-state index in [9.17, 15) is 0 Å². The van der Waals surface area contributed by atoms with Gasteiger partial charge in [0.15, 0.2) is 0 Å². The van der Waals surface area contributed by atoms with E-state index in [0.717, 1.165) is 13.1 Å². The monoisotopic (exact) mass is 292 g/mol. The number of aromatic nitrogens is 1. The lowest BCUT2D eigenvalue weighted by atomic mass is 10.2. The van der Waals surface area contributed by atoms with Crippen molar-refractivity contribution in [3.8, 4) is 0 Å². The summed E-state index contributed by atoms with van der Waals surface area (Å²) in [6.45, 7) is 1.80. The number of nitrogens with zero attached hydrogens (tertiary/aromatic N) is 2.